The molecule has 0 aliphatic carbocycles. The van der Waals surface area contributed by atoms with E-state index in [0.29, 0.717) is 22.2 Å². The highest BCUT2D eigenvalue weighted by atomic mass is 32.2. The summed E-state index contributed by atoms with van der Waals surface area (Å²) in [6.07, 6.45) is -1.56. The van der Waals surface area contributed by atoms with Gasteiger partial charge in [0, 0.05) is 29.5 Å². The fraction of sp³-hybridized carbons (Fsp3) is 0.375. The molecule has 180 valence electrons. The molecule has 2 aliphatic rings. The van der Waals surface area contributed by atoms with Crippen molar-refractivity contribution >= 4 is 63.7 Å². The van der Waals surface area contributed by atoms with E-state index in [1.807, 2.05) is 0 Å². The number of anilines is 1. The van der Waals surface area contributed by atoms with Crippen molar-refractivity contribution in [3.05, 3.63) is 22.5 Å². The Morgan fingerprint density at radius 2 is 2.26 bits per heavy atom. The molecule has 2 amide bonds. The van der Waals surface area contributed by atoms with Gasteiger partial charge in [-0.15, -0.1) is 28.2 Å². The van der Waals surface area contributed by atoms with E-state index in [2.05, 4.69) is 31.0 Å². The van der Waals surface area contributed by atoms with Crippen LogP contribution in [0.3, 0.4) is 0 Å². The minimum absolute atomic E-state index is 0.0765. The molecule has 0 spiro atoms. The molecule has 1 fully saturated rings. The van der Waals surface area contributed by atoms with E-state index in [9.17, 15) is 19.5 Å². The molecule has 34 heavy (non-hydrogen) atoms. The Bertz CT molecular complexity index is 1190. The maximum atomic E-state index is 12.9. The van der Waals surface area contributed by atoms with Crippen molar-refractivity contribution in [2.75, 3.05) is 24.3 Å². The van der Waals surface area contributed by atoms with Crippen molar-refractivity contribution in [1.82, 2.24) is 35.4 Å². The van der Waals surface area contributed by atoms with Crippen molar-refractivity contribution in [2.45, 2.75) is 16.6 Å². The van der Waals surface area contributed by atoms with Gasteiger partial charge in [-0.2, -0.15) is 0 Å². The second-order valence-electron chi connectivity index (χ2n) is 6.70. The number of fused-ring (bicyclic) bond motifs is 1. The Kier molecular flexibility index (Phi) is 6.89. The van der Waals surface area contributed by atoms with Crippen LogP contribution < -0.4 is 11.1 Å². The van der Waals surface area contributed by atoms with Crippen LogP contribution in [0.25, 0.3) is 0 Å². The number of β-lactam (4-membered cyclic amide) rings is 1. The quantitative estimate of drug-likeness (QED) is 0.133. The van der Waals surface area contributed by atoms with Crippen LogP contribution in [0.15, 0.2) is 27.1 Å². The number of nitrogens with two attached hydrogens (primary N) is 1. The third-order valence-electron chi connectivity index (χ3n) is 4.58. The van der Waals surface area contributed by atoms with E-state index in [1.54, 1.807) is 7.05 Å². The number of ether oxygens (including phenoxy) is 1. The molecular weight excluding hydrogens is 510 g/mol. The van der Waals surface area contributed by atoms with Gasteiger partial charge < -0.3 is 25.7 Å². The van der Waals surface area contributed by atoms with Gasteiger partial charge in [-0.05, 0) is 10.4 Å². The summed E-state index contributed by atoms with van der Waals surface area (Å²) in [4.78, 5) is 47.0. The molecule has 2 aliphatic heterocycles. The number of thiazole rings is 1. The zero-order valence-corrected chi connectivity index (χ0v) is 20.0. The summed E-state index contributed by atoms with van der Waals surface area (Å²) >= 11 is 3.75. The first kappa shape index (κ1) is 23.8. The van der Waals surface area contributed by atoms with E-state index in [0.717, 1.165) is 11.3 Å². The third-order valence-corrected chi connectivity index (χ3v) is 7.69. The van der Waals surface area contributed by atoms with Gasteiger partial charge in [0.25, 0.3) is 11.8 Å². The van der Waals surface area contributed by atoms with Crippen molar-refractivity contribution in [3.8, 4) is 0 Å². The lowest BCUT2D eigenvalue weighted by molar-refractivity contribution is -0.148. The number of amides is 2. The first-order valence-corrected chi connectivity index (χ1v) is 12.3. The number of carboxylic acid groups (broad SMARTS) is 1. The number of rotatable bonds is 8. The first-order valence-electron chi connectivity index (χ1n) is 9.36. The predicted molar refractivity (Wildman–Crippen MR) is 121 cm³/mol. The van der Waals surface area contributed by atoms with Crippen molar-refractivity contribution in [1.29, 1.82) is 0 Å². The van der Waals surface area contributed by atoms with Crippen molar-refractivity contribution in [3.63, 3.8) is 0 Å². The molecule has 2 atom stereocenters. The summed E-state index contributed by atoms with van der Waals surface area (Å²) in [5.41, 5.74) is 6.26. The number of tetrazole rings is 1. The van der Waals surface area contributed by atoms with Gasteiger partial charge in [0.1, 0.15) is 24.2 Å². The van der Waals surface area contributed by atoms with Crippen LogP contribution in [0.1, 0.15) is 5.69 Å². The number of nitrogens with zero attached hydrogens (tertiary/aromatic N) is 7. The van der Waals surface area contributed by atoms with Gasteiger partial charge in [0.2, 0.25) is 11.0 Å². The van der Waals surface area contributed by atoms with Crippen LogP contribution >= 0.6 is 34.9 Å². The normalized spacial score (nSPS) is 20.0. The molecule has 0 saturated carbocycles. The van der Waals surface area contributed by atoms with Crippen LogP contribution in [0.4, 0.5) is 9.93 Å². The number of nitrogens with one attached hydrogen (secondary N) is 1. The lowest BCUT2D eigenvalue weighted by Crippen LogP contribution is -2.70. The molecule has 4 heterocycles. The fourth-order valence-corrected chi connectivity index (χ4v) is 5.95. The number of aromatic nitrogens is 5. The second kappa shape index (κ2) is 9.85. The van der Waals surface area contributed by atoms with Gasteiger partial charge in [-0.25, -0.2) is 14.5 Å². The highest BCUT2D eigenvalue weighted by Crippen LogP contribution is 2.41. The molecule has 0 bridgehead atoms. The van der Waals surface area contributed by atoms with Gasteiger partial charge >= 0.3 is 6.16 Å². The number of thioether (sulfide) groups is 2. The summed E-state index contributed by atoms with van der Waals surface area (Å²) in [6, 6.07) is -0.930. The van der Waals surface area contributed by atoms with Crippen LogP contribution in [0, 0.1) is 0 Å². The summed E-state index contributed by atoms with van der Waals surface area (Å²) in [5, 5.41) is 28.4. The lowest BCUT2D eigenvalue weighted by atomic mass is 10.1. The molecule has 2 aromatic heterocycles. The van der Waals surface area contributed by atoms with E-state index in [4.69, 9.17) is 15.3 Å². The molecule has 15 nitrogen and oxygen atoms in total. The maximum absolute atomic E-state index is 12.9. The molecule has 0 radical (unpaired) electrons. The SMILES string of the molecule is CON=C(C(=O)NC1C(=O)N2C(OC(=O)O)=C(CSc3nnnn3C)CS[C@@H]12)c1csc(N)n1. The van der Waals surface area contributed by atoms with Gasteiger partial charge in [0.15, 0.2) is 10.8 Å². The number of nitrogen functional groups attached to an aromatic ring is 1. The van der Waals surface area contributed by atoms with Crippen LogP contribution in [-0.4, -0.2) is 88.9 Å². The van der Waals surface area contributed by atoms with Gasteiger partial charge in [-0.3, -0.25) is 14.5 Å². The van der Waals surface area contributed by atoms with Gasteiger partial charge in [0.05, 0.1) is 0 Å². The van der Waals surface area contributed by atoms with E-state index < -0.39 is 29.4 Å². The molecule has 4 N–H and O–H groups in total. The van der Waals surface area contributed by atoms with E-state index in [-0.39, 0.29) is 22.4 Å². The Morgan fingerprint density at radius 3 is 2.88 bits per heavy atom. The van der Waals surface area contributed by atoms with Crippen molar-refractivity contribution in [2.24, 2.45) is 12.2 Å². The first-order chi connectivity index (χ1) is 16.3. The predicted octanol–water partition coefficient (Wildman–Crippen LogP) is -0.302. The van der Waals surface area contributed by atoms with E-state index >= 15 is 0 Å². The van der Waals surface area contributed by atoms with E-state index in [1.165, 1.54) is 45.6 Å². The number of hydrogen-bond donors (Lipinski definition) is 3. The number of oxime groups is 1. The maximum Gasteiger partial charge on any atom is 0.512 e. The Labute approximate surface area is 203 Å². The van der Waals surface area contributed by atoms with Crippen LogP contribution in [-0.2, 0) is 26.2 Å². The Hall–Kier alpha value is -3.38. The average molecular weight is 528 g/mol. The number of carbonyl (C=O) groups excluding carboxylic acids is 2. The lowest BCUT2D eigenvalue weighted by Gasteiger charge is -2.49. The number of aryl methyl sites for hydroxylation is 1. The largest absolute Gasteiger partial charge is 0.512 e. The minimum atomic E-state index is -1.56. The molecule has 18 heteroatoms. The Morgan fingerprint density at radius 1 is 1.47 bits per heavy atom. The highest BCUT2D eigenvalue weighted by Gasteiger charge is 2.54. The molecular formula is C16H17N9O6S3. The minimum Gasteiger partial charge on any atom is -0.449 e. The average Bonchev–Trinajstić information content (AvgIpc) is 3.41. The standard InChI is InChI=1S/C16H17N9O6S3/c1-24-15(20-22-23-24)34-4-6-3-32-13-9(11(27)25(13)12(6)31-16(28)29)19-10(26)8(21-30-2)7-5-33-14(17)18-7/h5,9,13H,3-4H2,1-2H3,(H2,17,18)(H,19,26)(H,28,29)/t9?,13-/m0/s1. The van der Waals surface area contributed by atoms with Crippen molar-refractivity contribution < 1.29 is 29.1 Å². The monoisotopic (exact) mass is 527 g/mol. The smallest absolute Gasteiger partial charge is 0.449 e. The van der Waals surface area contributed by atoms with Crippen LogP contribution in [0.5, 0.6) is 0 Å². The molecule has 4 rings (SSSR count). The number of hydrogen-bond acceptors (Lipinski definition) is 14. The fourth-order valence-electron chi connectivity index (χ4n) is 3.11. The summed E-state index contributed by atoms with van der Waals surface area (Å²) in [6.45, 7) is 0. The van der Waals surface area contributed by atoms with Gasteiger partial charge in [-0.1, -0.05) is 16.9 Å². The zero-order valence-electron chi connectivity index (χ0n) is 17.6. The molecule has 2 aromatic rings. The Balaban J connectivity index is 1.50. The second-order valence-corrected chi connectivity index (χ2v) is 9.64. The summed E-state index contributed by atoms with van der Waals surface area (Å²) in [5.74, 6) is -0.630. The third kappa shape index (κ3) is 4.64. The molecule has 0 aromatic carbocycles. The topological polar surface area (TPSA) is 200 Å². The van der Waals surface area contributed by atoms with Crippen LogP contribution in [0.2, 0.25) is 0 Å². The highest BCUT2D eigenvalue weighted by molar-refractivity contribution is 8.01. The zero-order chi connectivity index (χ0) is 24.4. The molecule has 1 saturated heterocycles. The summed E-state index contributed by atoms with van der Waals surface area (Å²) < 4.78 is 6.43. The summed E-state index contributed by atoms with van der Waals surface area (Å²) in [7, 11) is 2.94. The number of carbonyl (C=O) groups is 3. The molecule has 1 unspecified atom stereocenters.